The van der Waals surface area contributed by atoms with Crippen LogP contribution in [0.1, 0.15) is 11.0 Å². The van der Waals surface area contributed by atoms with E-state index in [0.717, 1.165) is 38.6 Å². The van der Waals surface area contributed by atoms with Crippen LogP contribution in [-0.2, 0) is 0 Å². The number of fused-ring (bicyclic) bond motifs is 9. The van der Waals surface area contributed by atoms with E-state index in [2.05, 4.69) is 45.9 Å². The molecule has 0 saturated heterocycles. The number of aromatic nitrogens is 4. The standard InChI is InChI=1S/C40H24N4O/c1-6-16-32(43-33-17-7-2-12-27(33)28-13-3-8-18-34(28)43)26(11-1)25-21-22-37-31(23-25)39-38(45-37)24-41-40(42-39)44-35-19-9-4-14-29(35)30-15-5-10-20-36(30)44/h1-24H/i4D,5D,9D,10D,14D,15D,19D,20D. The lowest BCUT2D eigenvalue weighted by atomic mass is 10.0. The fourth-order valence-corrected chi connectivity index (χ4v) is 6.54. The van der Waals surface area contributed by atoms with Crippen LogP contribution in [0.5, 0.6) is 0 Å². The molecule has 0 atom stereocenters. The van der Waals surface area contributed by atoms with Gasteiger partial charge in [-0.25, -0.2) is 9.97 Å². The summed E-state index contributed by atoms with van der Waals surface area (Å²) in [6, 6.07) is 27.0. The van der Waals surface area contributed by atoms with Crippen LogP contribution < -0.4 is 0 Å². The number of rotatable bonds is 3. The van der Waals surface area contributed by atoms with E-state index < -0.39 is 48.3 Å². The van der Waals surface area contributed by atoms with Gasteiger partial charge in [-0.1, -0.05) is 96.9 Å². The average molecular weight is 585 g/mol. The van der Waals surface area contributed by atoms with E-state index in [4.69, 9.17) is 20.4 Å². The minimum atomic E-state index is -0.514. The molecule has 0 fully saturated rings. The molecule has 0 amide bonds. The van der Waals surface area contributed by atoms with Gasteiger partial charge in [-0.05, 0) is 48.0 Å². The topological polar surface area (TPSA) is 48.8 Å². The molecule has 4 heterocycles. The summed E-state index contributed by atoms with van der Waals surface area (Å²) in [5.41, 5.74) is 6.27. The SMILES string of the molecule is [2H]c1c([2H])c([2H])c2c(c1[2H])c1c([2H])c([2H])c([2H])c([2H])c1n2-c1ncc2oc3ccc(-c4ccccc4-n4c5ccccc5c5ccccc54)cc3c2n1. The maximum atomic E-state index is 8.86. The van der Waals surface area contributed by atoms with E-state index in [-0.39, 0.29) is 27.8 Å². The predicted molar refractivity (Wildman–Crippen MR) is 183 cm³/mol. The van der Waals surface area contributed by atoms with E-state index in [1.807, 2.05) is 54.6 Å². The second-order valence-electron chi connectivity index (χ2n) is 10.9. The molecule has 210 valence electrons. The van der Waals surface area contributed by atoms with Crippen molar-refractivity contribution in [1.82, 2.24) is 19.1 Å². The molecule has 0 spiro atoms. The van der Waals surface area contributed by atoms with Gasteiger partial charge < -0.3 is 8.98 Å². The molecule has 0 bridgehead atoms. The van der Waals surface area contributed by atoms with E-state index in [9.17, 15) is 0 Å². The zero-order valence-electron chi connectivity index (χ0n) is 31.4. The molecule has 0 N–H and O–H groups in total. The molecule has 10 rings (SSSR count). The third-order valence-corrected chi connectivity index (χ3v) is 8.47. The first-order chi connectivity index (χ1) is 25.7. The third kappa shape index (κ3) is 3.43. The Bertz CT molecular complexity index is 3110. The summed E-state index contributed by atoms with van der Waals surface area (Å²) in [4.78, 5) is 9.41. The van der Waals surface area contributed by atoms with Crippen molar-refractivity contribution in [2.24, 2.45) is 0 Å². The highest BCUT2D eigenvalue weighted by Crippen LogP contribution is 2.38. The molecule has 5 nitrogen and oxygen atoms in total. The largest absolute Gasteiger partial charge is 0.453 e. The number of furan rings is 1. The fourth-order valence-electron chi connectivity index (χ4n) is 6.54. The molecule has 0 saturated carbocycles. The Labute approximate surface area is 268 Å². The smallest absolute Gasteiger partial charge is 0.235 e. The van der Waals surface area contributed by atoms with Gasteiger partial charge in [0.15, 0.2) is 5.58 Å². The van der Waals surface area contributed by atoms with Crippen LogP contribution in [0, 0.1) is 0 Å². The van der Waals surface area contributed by atoms with Gasteiger partial charge in [-0.2, -0.15) is 0 Å². The van der Waals surface area contributed by atoms with Crippen molar-refractivity contribution in [3.05, 3.63) is 146 Å². The van der Waals surface area contributed by atoms with Gasteiger partial charge in [-0.15, -0.1) is 0 Å². The van der Waals surface area contributed by atoms with Crippen LogP contribution in [-0.4, -0.2) is 19.1 Å². The van der Waals surface area contributed by atoms with Gasteiger partial charge in [0, 0.05) is 32.5 Å². The van der Waals surface area contributed by atoms with Crippen molar-refractivity contribution in [3.63, 3.8) is 0 Å². The molecular weight excluding hydrogens is 552 g/mol. The van der Waals surface area contributed by atoms with Crippen molar-refractivity contribution in [2.75, 3.05) is 0 Å². The maximum Gasteiger partial charge on any atom is 0.235 e. The van der Waals surface area contributed by atoms with Crippen molar-refractivity contribution in [3.8, 4) is 22.8 Å². The van der Waals surface area contributed by atoms with Crippen LogP contribution >= 0.6 is 0 Å². The number of hydrogen-bond acceptors (Lipinski definition) is 3. The molecule has 0 radical (unpaired) electrons. The summed E-state index contributed by atoms with van der Waals surface area (Å²) in [6.45, 7) is 0. The first kappa shape index (κ1) is 17.8. The van der Waals surface area contributed by atoms with E-state index >= 15 is 0 Å². The highest BCUT2D eigenvalue weighted by atomic mass is 16.3. The van der Waals surface area contributed by atoms with Gasteiger partial charge in [-0.3, -0.25) is 4.57 Å². The quantitative estimate of drug-likeness (QED) is 0.208. The lowest BCUT2D eigenvalue weighted by Crippen LogP contribution is -2.00. The zero-order valence-corrected chi connectivity index (χ0v) is 23.4. The Balaban J connectivity index is 1.24. The second-order valence-corrected chi connectivity index (χ2v) is 10.9. The molecule has 45 heavy (non-hydrogen) atoms. The zero-order chi connectivity index (χ0) is 36.4. The summed E-state index contributed by atoms with van der Waals surface area (Å²) < 4.78 is 78.5. The molecule has 0 aliphatic heterocycles. The van der Waals surface area contributed by atoms with Crippen LogP contribution in [0.3, 0.4) is 0 Å². The van der Waals surface area contributed by atoms with Crippen molar-refractivity contribution < 1.29 is 15.4 Å². The molecule has 0 aliphatic carbocycles. The molecule has 10 aromatic rings. The minimum Gasteiger partial charge on any atom is -0.453 e. The summed E-state index contributed by atoms with van der Waals surface area (Å²) in [6.07, 6.45) is 1.47. The summed E-state index contributed by atoms with van der Waals surface area (Å²) in [7, 11) is 0. The first-order valence-corrected chi connectivity index (χ1v) is 14.4. The lowest BCUT2D eigenvalue weighted by molar-refractivity contribution is 0.665. The van der Waals surface area contributed by atoms with Crippen LogP contribution in [0.25, 0.3) is 88.4 Å². The Morgan fingerprint density at radius 1 is 0.556 bits per heavy atom. The van der Waals surface area contributed by atoms with Gasteiger partial charge in [0.05, 0.1) is 44.9 Å². The van der Waals surface area contributed by atoms with Gasteiger partial charge in [0.25, 0.3) is 0 Å². The maximum absolute atomic E-state index is 8.86. The summed E-state index contributed by atoms with van der Waals surface area (Å²) in [5.74, 6) is -0.0358. The molecule has 6 aromatic carbocycles. The first-order valence-electron chi connectivity index (χ1n) is 18.4. The molecule has 5 heteroatoms. The Kier molecular flexibility index (Phi) is 3.62. The van der Waals surface area contributed by atoms with E-state index in [1.54, 1.807) is 0 Å². The van der Waals surface area contributed by atoms with Gasteiger partial charge in [0.2, 0.25) is 5.95 Å². The van der Waals surface area contributed by atoms with Crippen molar-refractivity contribution in [1.29, 1.82) is 0 Å². The monoisotopic (exact) mass is 584 g/mol. The van der Waals surface area contributed by atoms with Gasteiger partial charge in [0.1, 0.15) is 11.1 Å². The third-order valence-electron chi connectivity index (χ3n) is 8.47. The lowest BCUT2D eigenvalue weighted by Gasteiger charge is -2.14. The number of nitrogens with zero attached hydrogens (tertiary/aromatic N) is 4. The summed E-state index contributed by atoms with van der Waals surface area (Å²) in [5, 5.41) is 2.89. The highest BCUT2D eigenvalue weighted by Gasteiger charge is 2.19. The highest BCUT2D eigenvalue weighted by molar-refractivity contribution is 6.11. The van der Waals surface area contributed by atoms with Gasteiger partial charge >= 0.3 is 0 Å². The second kappa shape index (κ2) is 9.15. The minimum absolute atomic E-state index is 0.0358. The van der Waals surface area contributed by atoms with Crippen molar-refractivity contribution in [2.45, 2.75) is 0 Å². The van der Waals surface area contributed by atoms with E-state index in [0.29, 0.717) is 22.1 Å². The Hall–Kier alpha value is -6.20. The van der Waals surface area contributed by atoms with Crippen molar-refractivity contribution >= 4 is 65.7 Å². The average Bonchev–Trinajstić information content (AvgIpc) is 3.85. The number of benzene rings is 6. The van der Waals surface area contributed by atoms with Crippen LogP contribution in [0.15, 0.2) is 150 Å². The Morgan fingerprint density at radius 2 is 1.20 bits per heavy atom. The Morgan fingerprint density at radius 3 is 1.93 bits per heavy atom. The molecule has 0 aliphatic rings. The molecule has 4 aromatic heterocycles. The van der Waals surface area contributed by atoms with Crippen LogP contribution in [0.4, 0.5) is 0 Å². The molecular formula is C40H24N4O. The summed E-state index contributed by atoms with van der Waals surface area (Å²) >= 11 is 0. The van der Waals surface area contributed by atoms with E-state index in [1.165, 1.54) is 10.8 Å². The predicted octanol–water partition coefficient (Wildman–Crippen LogP) is 10.2. The fraction of sp³-hybridized carbons (Fsp3) is 0. The molecule has 0 unspecified atom stereocenters. The van der Waals surface area contributed by atoms with Crippen LogP contribution in [0.2, 0.25) is 0 Å². The number of hydrogen-bond donors (Lipinski definition) is 0. The normalized spacial score (nSPS) is 14.5. The number of para-hydroxylation sites is 5.